The van der Waals surface area contributed by atoms with Crippen LogP contribution in [-0.2, 0) is 13.1 Å². The molecule has 3 aromatic rings. The molecule has 0 saturated heterocycles. The summed E-state index contributed by atoms with van der Waals surface area (Å²) < 4.78 is 1.91. The highest BCUT2D eigenvalue weighted by molar-refractivity contribution is 7.98. The number of hydrogen-bond acceptors (Lipinski definition) is 4. The minimum absolute atomic E-state index is 0.00158. The summed E-state index contributed by atoms with van der Waals surface area (Å²) in [4.78, 5) is 18.8. The van der Waals surface area contributed by atoms with Gasteiger partial charge in [0.1, 0.15) is 0 Å². The van der Waals surface area contributed by atoms with Crippen LogP contribution >= 0.6 is 11.8 Å². The Balaban J connectivity index is 1.77. The average Bonchev–Trinajstić information content (AvgIpc) is 3.12. The molecular weight excluding hydrogens is 320 g/mol. The van der Waals surface area contributed by atoms with Crippen LogP contribution in [0, 0.1) is 0 Å². The van der Waals surface area contributed by atoms with Crippen LogP contribution in [0.4, 0.5) is 0 Å². The molecule has 0 aliphatic carbocycles. The standard InChI is InChI=1S/C18H22N4OS/c1-3-21(9-10-22-8-4-7-19-22)13-15-11-14-5-6-16(24-2)12-17(14)20-18(15)23/h4-8,11-12H,3,9-10,13H2,1-2H3,(H,20,23). The molecule has 0 bridgehead atoms. The lowest BCUT2D eigenvalue weighted by atomic mass is 10.1. The highest BCUT2D eigenvalue weighted by atomic mass is 32.2. The topological polar surface area (TPSA) is 53.9 Å². The number of nitrogens with one attached hydrogen (secondary N) is 1. The van der Waals surface area contributed by atoms with Crippen LogP contribution in [-0.4, -0.2) is 39.0 Å². The Bertz CT molecular complexity index is 857. The van der Waals surface area contributed by atoms with Gasteiger partial charge in [-0.25, -0.2) is 0 Å². The van der Waals surface area contributed by atoms with Crippen molar-refractivity contribution in [3.8, 4) is 0 Å². The minimum Gasteiger partial charge on any atom is -0.322 e. The van der Waals surface area contributed by atoms with Crippen molar-refractivity contribution in [2.24, 2.45) is 0 Å². The van der Waals surface area contributed by atoms with Crippen molar-refractivity contribution in [1.29, 1.82) is 0 Å². The quantitative estimate of drug-likeness (QED) is 0.671. The summed E-state index contributed by atoms with van der Waals surface area (Å²) in [5.41, 5.74) is 1.70. The van der Waals surface area contributed by atoms with Crippen molar-refractivity contribution in [1.82, 2.24) is 19.7 Å². The first kappa shape index (κ1) is 16.8. The van der Waals surface area contributed by atoms with Gasteiger partial charge in [-0.1, -0.05) is 13.0 Å². The number of rotatable bonds is 7. The van der Waals surface area contributed by atoms with E-state index in [-0.39, 0.29) is 5.56 Å². The number of aromatic nitrogens is 3. The first-order chi connectivity index (χ1) is 11.7. The van der Waals surface area contributed by atoms with Gasteiger partial charge in [-0.3, -0.25) is 14.4 Å². The third-order valence-corrected chi connectivity index (χ3v) is 4.90. The van der Waals surface area contributed by atoms with Gasteiger partial charge in [-0.15, -0.1) is 11.8 Å². The fraction of sp³-hybridized carbons (Fsp3) is 0.333. The molecule has 1 aromatic carbocycles. The van der Waals surface area contributed by atoms with Crippen molar-refractivity contribution >= 4 is 22.7 Å². The van der Waals surface area contributed by atoms with Gasteiger partial charge < -0.3 is 4.98 Å². The summed E-state index contributed by atoms with van der Waals surface area (Å²) >= 11 is 1.67. The number of hydrogen-bond donors (Lipinski definition) is 1. The molecular formula is C18H22N4OS. The summed E-state index contributed by atoms with van der Waals surface area (Å²) in [6.45, 7) is 5.34. The molecule has 6 heteroatoms. The van der Waals surface area contributed by atoms with E-state index in [0.717, 1.165) is 41.0 Å². The Hall–Kier alpha value is -2.05. The number of pyridine rings is 1. The molecule has 0 saturated carbocycles. The van der Waals surface area contributed by atoms with Crippen molar-refractivity contribution in [3.63, 3.8) is 0 Å². The van der Waals surface area contributed by atoms with Crippen molar-refractivity contribution in [2.75, 3.05) is 19.3 Å². The Morgan fingerprint density at radius 1 is 1.33 bits per heavy atom. The molecule has 0 atom stereocenters. The fourth-order valence-electron chi connectivity index (χ4n) is 2.74. The molecule has 2 heterocycles. The maximum absolute atomic E-state index is 12.4. The highest BCUT2D eigenvalue weighted by Crippen LogP contribution is 2.20. The van der Waals surface area contributed by atoms with E-state index in [0.29, 0.717) is 6.54 Å². The Morgan fingerprint density at radius 3 is 2.92 bits per heavy atom. The summed E-state index contributed by atoms with van der Waals surface area (Å²) in [7, 11) is 0. The van der Waals surface area contributed by atoms with Gasteiger partial charge in [-0.2, -0.15) is 5.10 Å². The zero-order valence-electron chi connectivity index (χ0n) is 14.0. The van der Waals surface area contributed by atoms with Crippen LogP contribution in [0.15, 0.2) is 52.4 Å². The lowest BCUT2D eigenvalue weighted by Gasteiger charge is -2.20. The molecule has 3 rings (SSSR count). The van der Waals surface area contributed by atoms with Gasteiger partial charge in [0.05, 0.1) is 6.54 Å². The predicted molar refractivity (Wildman–Crippen MR) is 99.5 cm³/mol. The molecule has 5 nitrogen and oxygen atoms in total. The van der Waals surface area contributed by atoms with Crippen molar-refractivity contribution in [3.05, 3.63) is 58.6 Å². The zero-order chi connectivity index (χ0) is 16.9. The van der Waals surface area contributed by atoms with Crippen LogP contribution in [0.3, 0.4) is 0 Å². The number of thioether (sulfide) groups is 1. The fourth-order valence-corrected chi connectivity index (χ4v) is 3.18. The summed E-state index contributed by atoms with van der Waals surface area (Å²) in [5.74, 6) is 0. The van der Waals surface area contributed by atoms with E-state index in [1.807, 2.05) is 35.3 Å². The smallest absolute Gasteiger partial charge is 0.252 e. The minimum atomic E-state index is -0.00158. The second kappa shape index (κ2) is 7.68. The number of aromatic amines is 1. The maximum atomic E-state index is 12.4. The normalized spacial score (nSPS) is 11.5. The van der Waals surface area contributed by atoms with Gasteiger partial charge in [-0.05, 0) is 42.5 Å². The Labute approximate surface area is 145 Å². The Morgan fingerprint density at radius 2 is 2.21 bits per heavy atom. The van der Waals surface area contributed by atoms with Crippen LogP contribution < -0.4 is 5.56 Å². The first-order valence-corrected chi connectivity index (χ1v) is 9.32. The average molecular weight is 342 g/mol. The number of benzene rings is 1. The van der Waals surface area contributed by atoms with E-state index in [4.69, 9.17) is 0 Å². The number of likely N-dealkylation sites (N-methyl/N-ethyl adjacent to an activating group) is 1. The Kier molecular flexibility index (Phi) is 5.37. The molecule has 126 valence electrons. The van der Waals surface area contributed by atoms with E-state index in [1.54, 1.807) is 18.0 Å². The molecule has 24 heavy (non-hydrogen) atoms. The zero-order valence-corrected chi connectivity index (χ0v) is 14.8. The molecule has 0 aliphatic rings. The number of nitrogens with zero attached hydrogens (tertiary/aromatic N) is 3. The third-order valence-electron chi connectivity index (χ3n) is 4.18. The summed E-state index contributed by atoms with van der Waals surface area (Å²) in [6, 6.07) is 10.1. The van der Waals surface area contributed by atoms with E-state index >= 15 is 0 Å². The summed E-state index contributed by atoms with van der Waals surface area (Å²) in [5, 5.41) is 5.30. The van der Waals surface area contributed by atoms with Gasteiger partial charge in [0.15, 0.2) is 0 Å². The highest BCUT2D eigenvalue weighted by Gasteiger charge is 2.09. The largest absolute Gasteiger partial charge is 0.322 e. The van der Waals surface area contributed by atoms with Crippen molar-refractivity contribution < 1.29 is 0 Å². The summed E-state index contributed by atoms with van der Waals surface area (Å²) in [6.07, 6.45) is 5.78. The molecule has 0 unspecified atom stereocenters. The molecule has 0 radical (unpaired) electrons. The van der Waals surface area contributed by atoms with E-state index in [2.05, 4.69) is 34.0 Å². The molecule has 2 aromatic heterocycles. The molecule has 0 spiro atoms. The van der Waals surface area contributed by atoms with Gasteiger partial charge >= 0.3 is 0 Å². The van der Waals surface area contributed by atoms with Crippen LogP contribution in [0.2, 0.25) is 0 Å². The van der Waals surface area contributed by atoms with Gasteiger partial charge in [0.2, 0.25) is 0 Å². The molecule has 0 aliphatic heterocycles. The van der Waals surface area contributed by atoms with E-state index < -0.39 is 0 Å². The van der Waals surface area contributed by atoms with Gasteiger partial charge in [0.25, 0.3) is 5.56 Å². The molecule has 0 fully saturated rings. The van der Waals surface area contributed by atoms with Crippen LogP contribution in [0.1, 0.15) is 12.5 Å². The predicted octanol–water partition coefficient (Wildman–Crippen LogP) is 2.97. The monoisotopic (exact) mass is 342 g/mol. The maximum Gasteiger partial charge on any atom is 0.252 e. The lowest BCUT2D eigenvalue weighted by molar-refractivity contribution is 0.262. The van der Waals surface area contributed by atoms with E-state index in [9.17, 15) is 4.79 Å². The second-order valence-corrected chi connectivity index (χ2v) is 6.59. The number of fused-ring (bicyclic) bond motifs is 1. The van der Waals surface area contributed by atoms with E-state index in [1.165, 1.54) is 0 Å². The SMILES string of the molecule is CCN(CCn1cccn1)Cc1cc2ccc(SC)cc2[nH]c1=O. The molecule has 0 amide bonds. The third kappa shape index (κ3) is 3.88. The first-order valence-electron chi connectivity index (χ1n) is 8.09. The van der Waals surface area contributed by atoms with Crippen molar-refractivity contribution in [2.45, 2.75) is 24.9 Å². The van der Waals surface area contributed by atoms with Crippen LogP contribution in [0.25, 0.3) is 10.9 Å². The molecule has 1 N–H and O–H groups in total. The van der Waals surface area contributed by atoms with Gasteiger partial charge in [0, 0.05) is 41.5 Å². The van der Waals surface area contributed by atoms with Crippen LogP contribution in [0.5, 0.6) is 0 Å². The lowest BCUT2D eigenvalue weighted by Crippen LogP contribution is -2.30. The second-order valence-electron chi connectivity index (χ2n) is 5.71. The number of H-pyrrole nitrogens is 1.